The van der Waals surface area contributed by atoms with E-state index in [1.807, 2.05) is 18.2 Å². The van der Waals surface area contributed by atoms with Crippen molar-refractivity contribution in [1.82, 2.24) is 0 Å². The third-order valence-corrected chi connectivity index (χ3v) is 3.36. The predicted molar refractivity (Wildman–Crippen MR) is 72.6 cm³/mol. The Kier molecular flexibility index (Phi) is 3.95. The largest absolute Gasteiger partial charge is 0.392 e. The molecule has 0 heterocycles. The van der Waals surface area contributed by atoms with E-state index in [0.717, 1.165) is 22.8 Å². The lowest BCUT2D eigenvalue weighted by molar-refractivity contribution is 0.282. The normalized spacial score (nSPS) is 15.4. The average Bonchev–Trinajstić information content (AvgIpc) is 3.09. The van der Waals surface area contributed by atoms with Crippen LogP contribution in [0.2, 0.25) is 5.02 Å². The number of rotatable bonds is 5. The Morgan fingerprint density at radius 1 is 1.41 bits per heavy atom. The Morgan fingerprint density at radius 3 is 2.59 bits per heavy atom. The lowest BCUT2D eigenvalue weighted by atomic mass is 10.1. The zero-order valence-electron chi connectivity index (χ0n) is 10.5. The van der Waals surface area contributed by atoms with Crippen molar-refractivity contribution in [3.8, 4) is 0 Å². The molecule has 0 bridgehead atoms. The molecule has 1 N–H and O–H groups in total. The number of aliphatic hydroxyl groups is 1. The molecule has 0 saturated heterocycles. The number of hydrogen-bond acceptors (Lipinski definition) is 2. The van der Waals surface area contributed by atoms with E-state index in [1.165, 1.54) is 12.8 Å². The van der Waals surface area contributed by atoms with Crippen molar-refractivity contribution in [2.24, 2.45) is 5.92 Å². The summed E-state index contributed by atoms with van der Waals surface area (Å²) < 4.78 is 0. The van der Waals surface area contributed by atoms with Gasteiger partial charge in [-0.3, -0.25) is 0 Å². The predicted octanol–water partition coefficient (Wildman–Crippen LogP) is 3.46. The maximum atomic E-state index is 9.09. The number of hydrogen-bond donors (Lipinski definition) is 1. The number of aliphatic hydroxyl groups excluding tert-OH is 1. The summed E-state index contributed by atoms with van der Waals surface area (Å²) in [5, 5.41) is 9.84. The Hall–Kier alpha value is -0.730. The smallest absolute Gasteiger partial charge is 0.0682 e. The van der Waals surface area contributed by atoms with Crippen LogP contribution in [0, 0.1) is 5.92 Å². The maximum absolute atomic E-state index is 9.09. The van der Waals surface area contributed by atoms with Crippen molar-refractivity contribution < 1.29 is 5.11 Å². The SMILES string of the molecule is CC(C)CN(c1ccc(CO)cc1Cl)C1CC1. The van der Waals surface area contributed by atoms with Gasteiger partial charge in [-0.2, -0.15) is 0 Å². The van der Waals surface area contributed by atoms with E-state index < -0.39 is 0 Å². The van der Waals surface area contributed by atoms with Crippen molar-refractivity contribution >= 4 is 17.3 Å². The Balaban J connectivity index is 2.23. The van der Waals surface area contributed by atoms with Crippen LogP contribution in [0.4, 0.5) is 5.69 Å². The number of halogens is 1. The zero-order valence-corrected chi connectivity index (χ0v) is 11.2. The van der Waals surface area contributed by atoms with Gasteiger partial charge in [0, 0.05) is 12.6 Å². The highest BCUT2D eigenvalue weighted by Gasteiger charge is 2.30. The van der Waals surface area contributed by atoms with Gasteiger partial charge < -0.3 is 10.0 Å². The second kappa shape index (κ2) is 5.28. The summed E-state index contributed by atoms with van der Waals surface area (Å²) in [6.45, 7) is 5.55. The minimum absolute atomic E-state index is 0.0492. The van der Waals surface area contributed by atoms with Crippen LogP contribution >= 0.6 is 11.6 Å². The molecule has 0 radical (unpaired) electrons. The third kappa shape index (κ3) is 3.14. The minimum Gasteiger partial charge on any atom is -0.392 e. The molecule has 0 aliphatic heterocycles. The van der Waals surface area contributed by atoms with Gasteiger partial charge in [-0.1, -0.05) is 31.5 Å². The quantitative estimate of drug-likeness (QED) is 0.869. The van der Waals surface area contributed by atoms with Crippen LogP contribution in [0.1, 0.15) is 32.3 Å². The topological polar surface area (TPSA) is 23.5 Å². The molecule has 0 amide bonds. The first kappa shape index (κ1) is 12.7. The fourth-order valence-corrected chi connectivity index (χ4v) is 2.42. The van der Waals surface area contributed by atoms with Crippen LogP contribution < -0.4 is 4.90 Å². The van der Waals surface area contributed by atoms with Gasteiger partial charge in [-0.15, -0.1) is 0 Å². The molecule has 1 fully saturated rings. The summed E-state index contributed by atoms with van der Waals surface area (Å²) in [7, 11) is 0. The van der Waals surface area contributed by atoms with Crippen LogP contribution in [-0.4, -0.2) is 17.7 Å². The first-order valence-corrected chi connectivity index (χ1v) is 6.65. The van der Waals surface area contributed by atoms with Crippen molar-refractivity contribution in [3.05, 3.63) is 28.8 Å². The van der Waals surface area contributed by atoms with Gasteiger partial charge in [-0.05, 0) is 36.5 Å². The molecule has 0 unspecified atom stereocenters. The molecule has 1 aromatic rings. The van der Waals surface area contributed by atoms with Crippen molar-refractivity contribution in [2.45, 2.75) is 39.3 Å². The number of anilines is 1. The molecule has 1 aliphatic carbocycles. The molecule has 0 atom stereocenters. The lowest BCUT2D eigenvalue weighted by Crippen LogP contribution is -2.30. The van der Waals surface area contributed by atoms with E-state index in [2.05, 4.69) is 18.7 Å². The Morgan fingerprint density at radius 2 is 2.12 bits per heavy atom. The van der Waals surface area contributed by atoms with E-state index in [9.17, 15) is 0 Å². The molecule has 2 rings (SSSR count). The van der Waals surface area contributed by atoms with E-state index >= 15 is 0 Å². The van der Waals surface area contributed by atoms with Gasteiger partial charge in [0.1, 0.15) is 0 Å². The van der Waals surface area contributed by atoms with Gasteiger partial charge in [0.05, 0.1) is 17.3 Å². The fraction of sp³-hybridized carbons (Fsp3) is 0.571. The van der Waals surface area contributed by atoms with E-state index in [4.69, 9.17) is 16.7 Å². The Bertz CT molecular complexity index is 388. The standard InChI is InChI=1S/C14H20ClNO/c1-10(2)8-16(12-4-5-12)14-6-3-11(9-17)7-13(14)15/h3,6-7,10,12,17H,4-5,8-9H2,1-2H3. The van der Waals surface area contributed by atoms with E-state index in [-0.39, 0.29) is 6.61 Å². The van der Waals surface area contributed by atoms with Gasteiger partial charge in [-0.25, -0.2) is 0 Å². The van der Waals surface area contributed by atoms with E-state index in [1.54, 1.807) is 0 Å². The molecule has 0 spiro atoms. The monoisotopic (exact) mass is 253 g/mol. The van der Waals surface area contributed by atoms with Crippen LogP contribution in [0.15, 0.2) is 18.2 Å². The molecule has 3 heteroatoms. The van der Waals surface area contributed by atoms with Crippen molar-refractivity contribution in [1.29, 1.82) is 0 Å². The van der Waals surface area contributed by atoms with Gasteiger partial charge in [0.15, 0.2) is 0 Å². The first-order chi connectivity index (χ1) is 8.11. The van der Waals surface area contributed by atoms with Crippen LogP contribution in [-0.2, 0) is 6.61 Å². The summed E-state index contributed by atoms with van der Waals surface area (Å²) in [6.07, 6.45) is 2.54. The summed E-state index contributed by atoms with van der Waals surface area (Å²) >= 11 is 6.31. The molecule has 17 heavy (non-hydrogen) atoms. The minimum atomic E-state index is 0.0492. The maximum Gasteiger partial charge on any atom is 0.0682 e. The fourth-order valence-electron chi connectivity index (χ4n) is 2.11. The van der Waals surface area contributed by atoms with Crippen molar-refractivity contribution in [3.63, 3.8) is 0 Å². The molecular formula is C14H20ClNO. The highest BCUT2D eigenvalue weighted by molar-refractivity contribution is 6.33. The summed E-state index contributed by atoms with van der Waals surface area (Å²) in [5.74, 6) is 0.629. The second-order valence-corrected chi connectivity index (χ2v) is 5.63. The van der Waals surface area contributed by atoms with Gasteiger partial charge in [0.2, 0.25) is 0 Å². The van der Waals surface area contributed by atoms with Crippen LogP contribution in [0.25, 0.3) is 0 Å². The van der Waals surface area contributed by atoms with Crippen LogP contribution in [0.5, 0.6) is 0 Å². The van der Waals surface area contributed by atoms with Gasteiger partial charge >= 0.3 is 0 Å². The van der Waals surface area contributed by atoms with E-state index in [0.29, 0.717) is 12.0 Å². The molecule has 1 saturated carbocycles. The molecule has 94 valence electrons. The molecule has 2 nitrogen and oxygen atoms in total. The lowest BCUT2D eigenvalue weighted by Gasteiger charge is -2.27. The molecular weight excluding hydrogens is 234 g/mol. The van der Waals surface area contributed by atoms with Crippen LogP contribution in [0.3, 0.4) is 0 Å². The summed E-state index contributed by atoms with van der Waals surface area (Å²) in [5.41, 5.74) is 1.99. The molecule has 1 aromatic carbocycles. The summed E-state index contributed by atoms with van der Waals surface area (Å²) in [6, 6.07) is 6.52. The number of benzene rings is 1. The highest BCUT2D eigenvalue weighted by Crippen LogP contribution is 2.36. The highest BCUT2D eigenvalue weighted by atomic mass is 35.5. The third-order valence-electron chi connectivity index (χ3n) is 3.05. The zero-order chi connectivity index (χ0) is 12.4. The second-order valence-electron chi connectivity index (χ2n) is 5.22. The molecule has 0 aromatic heterocycles. The number of nitrogens with zero attached hydrogens (tertiary/aromatic N) is 1. The Labute approximate surface area is 108 Å². The van der Waals surface area contributed by atoms with Crippen molar-refractivity contribution in [2.75, 3.05) is 11.4 Å². The molecule has 1 aliphatic rings. The first-order valence-electron chi connectivity index (χ1n) is 6.27. The summed E-state index contributed by atoms with van der Waals surface area (Å²) in [4.78, 5) is 2.41. The van der Waals surface area contributed by atoms with Gasteiger partial charge in [0.25, 0.3) is 0 Å². The average molecular weight is 254 g/mol.